The lowest BCUT2D eigenvalue weighted by Crippen LogP contribution is -2.13. The molecule has 0 heterocycles. The summed E-state index contributed by atoms with van der Waals surface area (Å²) in [6.07, 6.45) is 0. The topological polar surface area (TPSA) is 12.5 Å². The molecule has 0 amide bonds. The van der Waals surface area contributed by atoms with Crippen LogP contribution in [0.1, 0.15) is 13.8 Å². The zero-order chi connectivity index (χ0) is 11.4. The van der Waals surface area contributed by atoms with Crippen molar-refractivity contribution in [2.24, 2.45) is 5.92 Å². The first-order valence-electron chi connectivity index (χ1n) is 5.10. The number of halogens is 1. The van der Waals surface area contributed by atoms with Gasteiger partial charge in [-0.3, -0.25) is 0 Å². The molecule has 15 heavy (non-hydrogen) atoms. The highest BCUT2D eigenvalue weighted by molar-refractivity contribution is 5.57. The van der Waals surface area contributed by atoms with Crippen LogP contribution in [0.2, 0.25) is 0 Å². The second kappa shape index (κ2) is 5.01. The van der Waals surface area contributed by atoms with Crippen LogP contribution in [0.4, 0.5) is 10.1 Å². The average molecular weight is 211 g/mol. The fourth-order valence-corrected chi connectivity index (χ4v) is 1.22. The van der Waals surface area contributed by atoms with Gasteiger partial charge in [0.1, 0.15) is 11.6 Å². The van der Waals surface area contributed by atoms with Crippen LogP contribution in [0, 0.1) is 11.7 Å². The monoisotopic (exact) mass is 211 g/mol. The molecule has 1 aromatic rings. The normalized spacial score (nSPS) is 10.5. The minimum Gasteiger partial charge on any atom is -0.491 e. The number of rotatable bonds is 4. The Balaban J connectivity index is 2.86. The van der Waals surface area contributed by atoms with Crippen LogP contribution in [0.25, 0.3) is 0 Å². The van der Waals surface area contributed by atoms with Gasteiger partial charge in [0.15, 0.2) is 0 Å². The van der Waals surface area contributed by atoms with Gasteiger partial charge in [0, 0.05) is 20.2 Å². The number of ether oxygens (including phenoxy) is 1. The maximum Gasteiger partial charge on any atom is 0.142 e. The van der Waals surface area contributed by atoms with Crippen molar-refractivity contribution >= 4 is 5.69 Å². The van der Waals surface area contributed by atoms with Crippen molar-refractivity contribution in [1.29, 1.82) is 0 Å². The second-order valence-corrected chi connectivity index (χ2v) is 4.21. The standard InChI is InChI=1S/C12H18FNO/c1-9(2)8-15-12-6-5-10(13)7-11(12)14(3)4/h5-7,9H,8H2,1-4H3. The first-order chi connectivity index (χ1) is 7.00. The van der Waals surface area contributed by atoms with Gasteiger partial charge in [-0.05, 0) is 18.1 Å². The average Bonchev–Trinajstić information content (AvgIpc) is 2.15. The highest BCUT2D eigenvalue weighted by Crippen LogP contribution is 2.27. The molecule has 0 aromatic heterocycles. The molecule has 0 bridgehead atoms. The van der Waals surface area contributed by atoms with E-state index in [0.717, 1.165) is 11.4 Å². The predicted molar refractivity (Wildman–Crippen MR) is 61.1 cm³/mol. The van der Waals surface area contributed by atoms with E-state index in [-0.39, 0.29) is 5.82 Å². The first-order valence-corrected chi connectivity index (χ1v) is 5.10. The molecule has 1 aromatic carbocycles. The molecule has 0 radical (unpaired) electrons. The lowest BCUT2D eigenvalue weighted by atomic mass is 10.2. The number of benzene rings is 1. The molecule has 2 nitrogen and oxygen atoms in total. The zero-order valence-corrected chi connectivity index (χ0v) is 9.75. The highest BCUT2D eigenvalue weighted by atomic mass is 19.1. The van der Waals surface area contributed by atoms with E-state index in [1.54, 1.807) is 6.07 Å². The Bertz CT molecular complexity index is 323. The van der Waals surface area contributed by atoms with Crippen LogP contribution >= 0.6 is 0 Å². The molecule has 0 saturated carbocycles. The fraction of sp³-hybridized carbons (Fsp3) is 0.500. The highest BCUT2D eigenvalue weighted by Gasteiger charge is 2.07. The minimum atomic E-state index is -0.240. The predicted octanol–water partition coefficient (Wildman–Crippen LogP) is 2.93. The maximum absolute atomic E-state index is 13.0. The molecular weight excluding hydrogens is 193 g/mol. The molecule has 0 aliphatic heterocycles. The van der Waals surface area contributed by atoms with E-state index in [1.165, 1.54) is 12.1 Å². The van der Waals surface area contributed by atoms with E-state index in [4.69, 9.17) is 4.74 Å². The molecule has 0 spiro atoms. The number of hydrogen-bond donors (Lipinski definition) is 0. The minimum absolute atomic E-state index is 0.240. The summed E-state index contributed by atoms with van der Waals surface area (Å²) < 4.78 is 18.6. The van der Waals surface area contributed by atoms with Crippen LogP contribution in [0.15, 0.2) is 18.2 Å². The summed E-state index contributed by atoms with van der Waals surface area (Å²) in [6, 6.07) is 4.57. The molecule has 0 unspecified atom stereocenters. The van der Waals surface area contributed by atoms with E-state index in [0.29, 0.717) is 12.5 Å². The summed E-state index contributed by atoms with van der Waals surface area (Å²) >= 11 is 0. The molecule has 0 fully saturated rings. The van der Waals surface area contributed by atoms with Gasteiger partial charge in [0.2, 0.25) is 0 Å². The van der Waals surface area contributed by atoms with Gasteiger partial charge in [0.05, 0.1) is 12.3 Å². The van der Waals surface area contributed by atoms with E-state index >= 15 is 0 Å². The summed E-state index contributed by atoms with van der Waals surface area (Å²) in [7, 11) is 3.74. The summed E-state index contributed by atoms with van der Waals surface area (Å²) in [5, 5.41) is 0. The van der Waals surface area contributed by atoms with E-state index in [1.807, 2.05) is 19.0 Å². The zero-order valence-electron chi connectivity index (χ0n) is 9.75. The van der Waals surface area contributed by atoms with E-state index in [9.17, 15) is 4.39 Å². The van der Waals surface area contributed by atoms with Gasteiger partial charge in [-0.1, -0.05) is 13.8 Å². The molecule has 0 aliphatic carbocycles. The quantitative estimate of drug-likeness (QED) is 0.759. The van der Waals surface area contributed by atoms with Gasteiger partial charge >= 0.3 is 0 Å². The Morgan fingerprint density at radius 2 is 2.00 bits per heavy atom. The third-order valence-electron chi connectivity index (χ3n) is 1.97. The number of nitrogens with zero attached hydrogens (tertiary/aromatic N) is 1. The molecule has 0 saturated heterocycles. The molecule has 0 atom stereocenters. The lowest BCUT2D eigenvalue weighted by molar-refractivity contribution is 0.271. The first kappa shape index (κ1) is 11.8. The Morgan fingerprint density at radius 1 is 1.33 bits per heavy atom. The molecule has 3 heteroatoms. The van der Waals surface area contributed by atoms with Gasteiger partial charge in [-0.25, -0.2) is 4.39 Å². The Kier molecular flexibility index (Phi) is 3.95. The van der Waals surface area contributed by atoms with Crippen molar-refractivity contribution in [3.8, 4) is 5.75 Å². The molecule has 84 valence electrons. The fourth-order valence-electron chi connectivity index (χ4n) is 1.22. The number of hydrogen-bond acceptors (Lipinski definition) is 2. The van der Waals surface area contributed by atoms with Crippen molar-refractivity contribution in [1.82, 2.24) is 0 Å². The van der Waals surface area contributed by atoms with Gasteiger partial charge in [0.25, 0.3) is 0 Å². The van der Waals surface area contributed by atoms with Gasteiger partial charge < -0.3 is 9.64 Å². The van der Waals surface area contributed by atoms with Crippen molar-refractivity contribution < 1.29 is 9.13 Å². The Hall–Kier alpha value is -1.25. The van der Waals surface area contributed by atoms with Crippen LogP contribution in [0.5, 0.6) is 5.75 Å². The second-order valence-electron chi connectivity index (χ2n) is 4.21. The Labute approximate surface area is 90.7 Å². The van der Waals surface area contributed by atoms with Crippen LogP contribution in [-0.4, -0.2) is 20.7 Å². The molecule has 0 aliphatic rings. The molecular formula is C12H18FNO. The SMILES string of the molecule is CC(C)COc1ccc(F)cc1N(C)C. The van der Waals surface area contributed by atoms with E-state index in [2.05, 4.69) is 13.8 Å². The summed E-state index contributed by atoms with van der Waals surface area (Å²) in [6.45, 7) is 4.81. The third-order valence-corrected chi connectivity index (χ3v) is 1.97. The molecule has 1 rings (SSSR count). The summed E-state index contributed by atoms with van der Waals surface area (Å²) in [5.41, 5.74) is 0.774. The molecule has 0 N–H and O–H groups in total. The van der Waals surface area contributed by atoms with E-state index < -0.39 is 0 Å². The lowest BCUT2D eigenvalue weighted by Gasteiger charge is -2.18. The van der Waals surface area contributed by atoms with Crippen molar-refractivity contribution in [2.75, 3.05) is 25.6 Å². The van der Waals surface area contributed by atoms with Gasteiger partial charge in [-0.2, -0.15) is 0 Å². The largest absolute Gasteiger partial charge is 0.491 e. The van der Waals surface area contributed by atoms with Crippen molar-refractivity contribution in [2.45, 2.75) is 13.8 Å². The smallest absolute Gasteiger partial charge is 0.142 e. The summed E-state index contributed by atoms with van der Waals surface area (Å²) in [4.78, 5) is 1.85. The van der Waals surface area contributed by atoms with Crippen LogP contribution in [-0.2, 0) is 0 Å². The third kappa shape index (κ3) is 3.42. The maximum atomic E-state index is 13.0. The van der Waals surface area contributed by atoms with Gasteiger partial charge in [-0.15, -0.1) is 0 Å². The summed E-state index contributed by atoms with van der Waals surface area (Å²) in [5.74, 6) is 0.954. The van der Waals surface area contributed by atoms with Crippen molar-refractivity contribution in [3.63, 3.8) is 0 Å². The Morgan fingerprint density at radius 3 is 2.53 bits per heavy atom. The van der Waals surface area contributed by atoms with Crippen molar-refractivity contribution in [3.05, 3.63) is 24.0 Å². The van der Waals surface area contributed by atoms with Crippen LogP contribution < -0.4 is 9.64 Å². The van der Waals surface area contributed by atoms with Crippen LogP contribution in [0.3, 0.4) is 0 Å². The number of anilines is 1.